The number of fused-ring (bicyclic) bond motifs is 1. The van der Waals surface area contributed by atoms with Crippen LogP contribution in [0.3, 0.4) is 0 Å². The highest BCUT2D eigenvalue weighted by atomic mass is 16.5. The minimum atomic E-state index is -0.366. The smallest absolute Gasteiger partial charge is 0.261 e. The van der Waals surface area contributed by atoms with Crippen LogP contribution in [0.4, 0.5) is 11.4 Å². The van der Waals surface area contributed by atoms with Crippen LogP contribution in [0.1, 0.15) is 34.1 Å². The Bertz CT molecular complexity index is 1370. The number of aromatic nitrogens is 1. The van der Waals surface area contributed by atoms with Crippen molar-refractivity contribution in [2.24, 2.45) is 4.99 Å². The predicted molar refractivity (Wildman–Crippen MR) is 127 cm³/mol. The first-order chi connectivity index (χ1) is 16.0. The summed E-state index contributed by atoms with van der Waals surface area (Å²) in [6.07, 6.45) is 1.58. The molecule has 4 rings (SSSR count). The second-order valence-electron chi connectivity index (χ2n) is 7.60. The van der Waals surface area contributed by atoms with Gasteiger partial charge in [-0.1, -0.05) is 12.1 Å². The van der Waals surface area contributed by atoms with Gasteiger partial charge in [0.25, 0.3) is 5.91 Å². The lowest BCUT2D eigenvalue weighted by atomic mass is 10.1. The summed E-state index contributed by atoms with van der Waals surface area (Å²) < 4.78 is 11.6. The molecular weight excluding hydrogens is 418 g/mol. The number of nitrogens with zero attached hydrogens (tertiary/aromatic N) is 2. The van der Waals surface area contributed by atoms with E-state index in [4.69, 9.17) is 9.15 Å². The molecule has 2 aromatic heterocycles. The van der Waals surface area contributed by atoms with Gasteiger partial charge in [0, 0.05) is 22.8 Å². The van der Waals surface area contributed by atoms with Crippen LogP contribution < -0.4 is 15.6 Å². The van der Waals surface area contributed by atoms with Gasteiger partial charge in [-0.25, -0.2) is 4.99 Å². The highest BCUT2D eigenvalue weighted by molar-refractivity contribution is 6.05. The topological polar surface area (TPSA) is 97.0 Å². The molecule has 0 spiro atoms. The van der Waals surface area contributed by atoms with Crippen molar-refractivity contribution >= 4 is 28.3 Å². The van der Waals surface area contributed by atoms with E-state index in [-0.39, 0.29) is 23.6 Å². The number of rotatable bonds is 6. The molecule has 2 aromatic carbocycles. The van der Waals surface area contributed by atoms with Gasteiger partial charge in [-0.15, -0.1) is 0 Å². The standard InChI is InChI=1S/C26H25N3O4/c1-4-32-21-10-8-19(9-11-21)29-26-23(25(31)28-20-7-5-6-16(2)12-20)13-22-18(15-30)14-27-17(3)24(22)33-26/h5-14,30H,4,15H2,1-3H3,(H,28,31). The molecule has 33 heavy (non-hydrogen) atoms. The zero-order chi connectivity index (χ0) is 23.4. The van der Waals surface area contributed by atoms with Crippen molar-refractivity contribution in [3.63, 3.8) is 0 Å². The molecule has 0 aliphatic rings. The maximum atomic E-state index is 13.3. The predicted octanol–water partition coefficient (Wildman–Crippen LogP) is 4.82. The number of carbonyl (C=O) groups is 1. The third-order valence-electron chi connectivity index (χ3n) is 5.12. The first kappa shape index (κ1) is 22.2. The molecule has 2 heterocycles. The summed E-state index contributed by atoms with van der Waals surface area (Å²) in [6.45, 7) is 6.02. The summed E-state index contributed by atoms with van der Waals surface area (Å²) in [7, 11) is 0. The van der Waals surface area contributed by atoms with Gasteiger partial charge in [-0.2, -0.15) is 0 Å². The molecular formula is C26H25N3O4. The van der Waals surface area contributed by atoms with Crippen LogP contribution in [-0.4, -0.2) is 22.6 Å². The minimum absolute atomic E-state index is 0.150. The average Bonchev–Trinajstić information content (AvgIpc) is 2.81. The van der Waals surface area contributed by atoms with E-state index in [1.54, 1.807) is 31.3 Å². The number of nitrogens with one attached hydrogen (secondary N) is 1. The molecule has 0 bridgehead atoms. The Morgan fingerprint density at radius 3 is 2.64 bits per heavy atom. The van der Waals surface area contributed by atoms with Gasteiger partial charge in [-0.05, 0) is 68.8 Å². The van der Waals surface area contributed by atoms with Gasteiger partial charge in [0.1, 0.15) is 11.3 Å². The maximum Gasteiger partial charge on any atom is 0.261 e. The number of amides is 1. The fraction of sp³-hybridized carbons (Fsp3) is 0.192. The maximum absolute atomic E-state index is 13.3. The van der Waals surface area contributed by atoms with Gasteiger partial charge >= 0.3 is 0 Å². The van der Waals surface area contributed by atoms with E-state index >= 15 is 0 Å². The Balaban J connectivity index is 1.87. The van der Waals surface area contributed by atoms with Crippen molar-refractivity contribution in [3.05, 3.63) is 88.7 Å². The van der Waals surface area contributed by atoms with Crippen LogP contribution >= 0.6 is 0 Å². The fourth-order valence-corrected chi connectivity index (χ4v) is 3.48. The van der Waals surface area contributed by atoms with Gasteiger partial charge in [0.2, 0.25) is 5.55 Å². The minimum Gasteiger partial charge on any atom is -0.494 e. The first-order valence-electron chi connectivity index (χ1n) is 10.7. The van der Waals surface area contributed by atoms with Crippen molar-refractivity contribution < 1.29 is 19.1 Å². The Morgan fingerprint density at radius 1 is 1.15 bits per heavy atom. The number of aliphatic hydroxyl groups excluding tert-OH is 1. The zero-order valence-corrected chi connectivity index (χ0v) is 18.8. The molecule has 4 aromatic rings. The quantitative estimate of drug-likeness (QED) is 0.445. The molecule has 168 valence electrons. The van der Waals surface area contributed by atoms with Gasteiger partial charge in [0.05, 0.1) is 24.6 Å². The van der Waals surface area contributed by atoms with Crippen LogP contribution in [0.15, 0.2) is 70.2 Å². The molecule has 7 nitrogen and oxygen atoms in total. The Hall–Kier alpha value is -3.97. The summed E-state index contributed by atoms with van der Waals surface area (Å²) in [4.78, 5) is 22.2. The Kier molecular flexibility index (Phi) is 6.51. The Morgan fingerprint density at radius 2 is 1.94 bits per heavy atom. The number of benzene rings is 2. The molecule has 2 N–H and O–H groups in total. The van der Waals surface area contributed by atoms with Crippen molar-refractivity contribution in [2.75, 3.05) is 11.9 Å². The van der Waals surface area contributed by atoms with Crippen molar-refractivity contribution in [1.82, 2.24) is 4.98 Å². The summed E-state index contributed by atoms with van der Waals surface area (Å²) >= 11 is 0. The summed E-state index contributed by atoms with van der Waals surface area (Å²) in [6, 6.07) is 16.4. The molecule has 0 atom stereocenters. The van der Waals surface area contributed by atoms with Gasteiger partial charge < -0.3 is 19.6 Å². The van der Waals surface area contributed by atoms with Crippen LogP contribution in [0.2, 0.25) is 0 Å². The fourth-order valence-electron chi connectivity index (χ4n) is 3.48. The van der Waals surface area contributed by atoms with E-state index in [1.807, 2.05) is 50.2 Å². The number of carbonyl (C=O) groups excluding carboxylic acids is 1. The number of hydrogen-bond acceptors (Lipinski definition) is 6. The van der Waals surface area contributed by atoms with E-state index in [2.05, 4.69) is 15.3 Å². The van der Waals surface area contributed by atoms with Gasteiger partial charge in [-0.3, -0.25) is 9.78 Å². The lowest BCUT2D eigenvalue weighted by Gasteiger charge is -2.10. The third-order valence-corrected chi connectivity index (χ3v) is 5.12. The second-order valence-corrected chi connectivity index (χ2v) is 7.60. The van der Waals surface area contributed by atoms with E-state index in [1.165, 1.54) is 0 Å². The van der Waals surface area contributed by atoms with Crippen molar-refractivity contribution in [2.45, 2.75) is 27.4 Å². The van der Waals surface area contributed by atoms with Crippen LogP contribution in [0, 0.1) is 13.8 Å². The van der Waals surface area contributed by atoms with E-state index in [0.29, 0.717) is 40.2 Å². The molecule has 0 fully saturated rings. The molecule has 0 aliphatic carbocycles. The molecule has 0 aliphatic heterocycles. The normalized spacial score (nSPS) is 11.6. The molecule has 0 unspecified atom stereocenters. The molecule has 0 saturated heterocycles. The monoisotopic (exact) mass is 443 g/mol. The molecule has 7 heteroatoms. The number of pyridine rings is 1. The Labute approximate surface area is 191 Å². The van der Waals surface area contributed by atoms with E-state index in [9.17, 15) is 9.90 Å². The van der Waals surface area contributed by atoms with E-state index < -0.39 is 0 Å². The number of aliphatic hydroxyl groups is 1. The van der Waals surface area contributed by atoms with Crippen molar-refractivity contribution in [3.8, 4) is 5.75 Å². The summed E-state index contributed by atoms with van der Waals surface area (Å²) in [5, 5.41) is 13.3. The van der Waals surface area contributed by atoms with Crippen LogP contribution in [0.5, 0.6) is 5.75 Å². The molecule has 0 saturated carbocycles. The summed E-state index contributed by atoms with van der Waals surface area (Å²) in [5.74, 6) is 0.367. The zero-order valence-electron chi connectivity index (χ0n) is 18.8. The number of ether oxygens (including phenoxy) is 1. The van der Waals surface area contributed by atoms with Crippen molar-refractivity contribution in [1.29, 1.82) is 0 Å². The second kappa shape index (κ2) is 9.67. The van der Waals surface area contributed by atoms with Crippen LogP contribution in [-0.2, 0) is 6.61 Å². The number of anilines is 1. The van der Waals surface area contributed by atoms with E-state index in [0.717, 1.165) is 11.3 Å². The van der Waals surface area contributed by atoms with Crippen LogP contribution in [0.25, 0.3) is 11.0 Å². The highest BCUT2D eigenvalue weighted by Gasteiger charge is 2.16. The SMILES string of the molecule is CCOc1ccc(N=c2oc3c(C)ncc(CO)c3cc2C(=O)Nc2cccc(C)c2)cc1. The average molecular weight is 444 g/mol. The number of aryl methyl sites for hydroxylation is 2. The summed E-state index contributed by atoms with van der Waals surface area (Å²) in [5.41, 5.74) is 4.37. The highest BCUT2D eigenvalue weighted by Crippen LogP contribution is 2.23. The number of hydrogen-bond donors (Lipinski definition) is 2. The third kappa shape index (κ3) is 4.94. The molecule has 1 amide bonds. The first-order valence-corrected chi connectivity index (χ1v) is 10.7. The molecule has 0 radical (unpaired) electrons. The lowest BCUT2D eigenvalue weighted by Crippen LogP contribution is -2.22. The lowest BCUT2D eigenvalue weighted by molar-refractivity contribution is 0.102. The largest absolute Gasteiger partial charge is 0.494 e. The van der Waals surface area contributed by atoms with Gasteiger partial charge in [0.15, 0.2) is 5.58 Å².